The first-order chi connectivity index (χ1) is 44.2. The van der Waals surface area contributed by atoms with Crippen LogP contribution in [-0.4, -0.2) is 15.8 Å². The van der Waals surface area contributed by atoms with Crippen molar-refractivity contribution in [2.45, 2.75) is 105 Å². The Balaban J connectivity index is 1.13. The van der Waals surface area contributed by atoms with E-state index in [9.17, 15) is 0 Å². The van der Waals surface area contributed by atoms with Crippen molar-refractivity contribution in [1.29, 1.82) is 0 Å². The largest absolute Gasteiger partial charge is 0.310 e. The Morgan fingerprint density at radius 1 is 0.272 bits per heavy atom. The van der Waals surface area contributed by atoms with E-state index in [2.05, 4.69) is 352 Å². The lowest BCUT2D eigenvalue weighted by molar-refractivity contribution is 0.590. The van der Waals surface area contributed by atoms with Gasteiger partial charge in [-0.25, -0.2) is 0 Å². The highest BCUT2D eigenvalue weighted by atomic mass is 15.2. The van der Waals surface area contributed by atoms with Gasteiger partial charge < -0.3 is 14.0 Å². The zero-order valence-corrected chi connectivity index (χ0v) is 55.2. The maximum absolute atomic E-state index is 2.71. The van der Waals surface area contributed by atoms with Gasteiger partial charge in [0.25, 0.3) is 6.71 Å². The first-order valence-corrected chi connectivity index (χ1v) is 33.0. The Morgan fingerprint density at radius 3 is 1.28 bits per heavy atom. The minimum atomic E-state index is -0.263. The number of rotatable bonds is 5. The second-order valence-corrected chi connectivity index (χ2v) is 30.2. The smallest absolute Gasteiger partial charge is 0.252 e. The molecule has 0 atom stereocenters. The van der Waals surface area contributed by atoms with Crippen molar-refractivity contribution in [3.63, 3.8) is 0 Å². The van der Waals surface area contributed by atoms with Crippen molar-refractivity contribution < 1.29 is 0 Å². The lowest BCUT2D eigenvalue weighted by Gasteiger charge is -2.43. The monoisotopic (exact) mass is 1190 g/mol. The number of nitrogens with zero attached hydrogens (tertiary/aromatic N) is 3. The normalized spacial score (nSPS) is 13.2. The van der Waals surface area contributed by atoms with Crippen LogP contribution in [0.5, 0.6) is 0 Å². The third-order valence-electron chi connectivity index (χ3n) is 20.2. The molecule has 0 N–H and O–H groups in total. The van der Waals surface area contributed by atoms with Crippen LogP contribution in [0.2, 0.25) is 0 Å². The summed E-state index contributed by atoms with van der Waals surface area (Å²) in [5.74, 6) is 0. The van der Waals surface area contributed by atoms with E-state index < -0.39 is 0 Å². The number of anilines is 3. The molecule has 0 unspecified atom stereocenters. The summed E-state index contributed by atoms with van der Waals surface area (Å²) in [6.45, 7) is 27.9. The SMILES string of the molecule is CC(C)(C)c1ccc(-c2cc3c4c(c2)c2ccccc2c2ccccc2c2ccccc2n4-c2cc(C(C)(C)C)cc4c2B3c2ccc(-n3c5ccc(C(C)(C)C)cc5c5cc(C(C)(C)C)ccc53)cc2N4c2c(-c3ccccc3)cccc2-c2ccccc2)cc1. The quantitative estimate of drug-likeness (QED) is 0.157. The van der Waals surface area contributed by atoms with Crippen LogP contribution >= 0.6 is 0 Å². The minimum Gasteiger partial charge on any atom is -0.310 e. The van der Waals surface area contributed by atoms with E-state index in [-0.39, 0.29) is 28.4 Å². The van der Waals surface area contributed by atoms with Gasteiger partial charge in [0.15, 0.2) is 0 Å². The van der Waals surface area contributed by atoms with E-state index in [0.29, 0.717) is 0 Å². The molecule has 0 radical (unpaired) electrons. The summed E-state index contributed by atoms with van der Waals surface area (Å²) in [6, 6.07) is 98.3. The Labute approximate surface area is 542 Å². The lowest BCUT2D eigenvalue weighted by atomic mass is 9.33. The Kier molecular flexibility index (Phi) is 13.0. The number of para-hydroxylation sites is 2. The molecule has 0 aliphatic carbocycles. The van der Waals surface area contributed by atoms with Crippen molar-refractivity contribution in [3.05, 3.63) is 277 Å². The molecule has 16 rings (SSSR count). The fraction of sp³-hybridized carbons (Fsp3) is 0.182. The highest BCUT2D eigenvalue weighted by Crippen LogP contribution is 2.51. The van der Waals surface area contributed by atoms with Gasteiger partial charge in [0, 0.05) is 60.9 Å². The fourth-order valence-electron chi connectivity index (χ4n) is 15.2. The molecule has 0 amide bonds. The summed E-state index contributed by atoms with van der Waals surface area (Å²) in [5, 5.41) is 9.82. The molecule has 0 fully saturated rings. The van der Waals surface area contributed by atoms with Crippen molar-refractivity contribution in [2.24, 2.45) is 0 Å². The van der Waals surface area contributed by atoms with Crippen LogP contribution in [0.15, 0.2) is 255 Å². The van der Waals surface area contributed by atoms with Crippen LogP contribution in [0.1, 0.15) is 105 Å². The van der Waals surface area contributed by atoms with E-state index in [1.54, 1.807) is 0 Å². The van der Waals surface area contributed by atoms with Crippen molar-refractivity contribution in [2.75, 3.05) is 4.90 Å². The van der Waals surface area contributed by atoms with Crippen molar-refractivity contribution in [1.82, 2.24) is 9.13 Å². The van der Waals surface area contributed by atoms with E-state index in [4.69, 9.17) is 0 Å². The van der Waals surface area contributed by atoms with E-state index >= 15 is 0 Å². The molecule has 14 aromatic rings. The molecule has 0 bridgehead atoms. The van der Waals surface area contributed by atoms with E-state index in [1.807, 2.05) is 0 Å². The first kappa shape index (κ1) is 57.3. The van der Waals surface area contributed by atoms with Gasteiger partial charge in [0.2, 0.25) is 0 Å². The summed E-state index contributed by atoms with van der Waals surface area (Å²) in [6.07, 6.45) is 0. The van der Waals surface area contributed by atoms with Crippen LogP contribution < -0.4 is 21.3 Å². The van der Waals surface area contributed by atoms with Gasteiger partial charge in [-0.3, -0.25) is 0 Å². The Hall–Kier alpha value is -9.90. The number of aromatic nitrogens is 2. The summed E-state index contributed by atoms with van der Waals surface area (Å²) >= 11 is 0. The second kappa shape index (κ2) is 20.8. The fourth-order valence-corrected chi connectivity index (χ4v) is 15.2. The topological polar surface area (TPSA) is 13.1 Å². The Bertz CT molecular complexity index is 5290. The lowest BCUT2D eigenvalue weighted by Crippen LogP contribution is -2.60. The number of benzene rings is 12. The Morgan fingerprint density at radius 2 is 0.739 bits per heavy atom. The van der Waals surface area contributed by atoms with Gasteiger partial charge >= 0.3 is 0 Å². The molecule has 4 heterocycles. The molecule has 0 saturated heterocycles. The molecule has 3 nitrogen and oxygen atoms in total. The molecular weight excluding hydrogens is 1110 g/mol. The molecule has 448 valence electrons. The van der Waals surface area contributed by atoms with Crippen molar-refractivity contribution >= 4 is 105 Å². The first-order valence-electron chi connectivity index (χ1n) is 33.0. The zero-order chi connectivity index (χ0) is 63.3. The number of hydrogen-bond donors (Lipinski definition) is 0. The predicted molar refractivity (Wildman–Crippen MR) is 398 cm³/mol. The summed E-state index contributed by atoms with van der Waals surface area (Å²) in [7, 11) is 0. The van der Waals surface area contributed by atoms with E-state index in [1.165, 1.54) is 132 Å². The van der Waals surface area contributed by atoms with Gasteiger partial charge in [0.1, 0.15) is 0 Å². The highest BCUT2D eigenvalue weighted by molar-refractivity contribution is 7.00. The van der Waals surface area contributed by atoms with Crippen LogP contribution in [0, 0.1) is 0 Å². The number of hydrogen-bond acceptors (Lipinski definition) is 1. The maximum Gasteiger partial charge on any atom is 0.252 e. The molecule has 4 heteroatoms. The van der Waals surface area contributed by atoms with Gasteiger partial charge in [-0.15, -0.1) is 0 Å². The van der Waals surface area contributed by atoms with Gasteiger partial charge in [-0.1, -0.05) is 277 Å². The van der Waals surface area contributed by atoms with E-state index in [0.717, 1.165) is 33.7 Å². The molecule has 12 aromatic carbocycles. The third kappa shape index (κ3) is 9.15. The number of fused-ring (bicyclic) bond motifs is 14. The van der Waals surface area contributed by atoms with Gasteiger partial charge in [-0.05, 0) is 165 Å². The summed E-state index contributed by atoms with van der Waals surface area (Å²) in [5.41, 5.74) is 26.3. The molecule has 0 saturated carbocycles. The van der Waals surface area contributed by atoms with Crippen LogP contribution in [-0.2, 0) is 21.7 Å². The highest BCUT2D eigenvalue weighted by Gasteiger charge is 2.44. The van der Waals surface area contributed by atoms with Crippen LogP contribution in [0.4, 0.5) is 17.1 Å². The predicted octanol–water partition coefficient (Wildman–Crippen LogP) is 22.1. The molecule has 0 spiro atoms. The zero-order valence-electron chi connectivity index (χ0n) is 55.2. The second-order valence-electron chi connectivity index (χ2n) is 30.2. The third-order valence-corrected chi connectivity index (χ3v) is 20.2. The average Bonchev–Trinajstić information content (AvgIpc) is 0.846. The van der Waals surface area contributed by atoms with Gasteiger partial charge in [-0.2, -0.15) is 0 Å². The van der Waals surface area contributed by atoms with Crippen LogP contribution in [0.25, 0.3) is 110 Å². The van der Waals surface area contributed by atoms with Crippen molar-refractivity contribution in [3.8, 4) is 44.8 Å². The molecule has 2 aromatic heterocycles. The molecule has 92 heavy (non-hydrogen) atoms. The average molecular weight is 1190 g/mol. The standard InChI is InChI=1S/C88H78BN3/c1-85(2,3)59-40-38-55(39-41-59)58-48-73-69-33-22-20-31-67(69)66-30-19-21-32-68(66)70-34-23-24-37-76(70)91-80-52-62(88(10,11)12)53-81-82(80)89(75(49-58)84(73)91)74-45-44-63(90-77-46-42-60(86(4,5)6)50-71(77)72-51-61(87(7,8)9)43-47-78(72)90)54-79(74)92(81)83-64(56-26-15-13-16-27-56)35-25-36-65(83)57-28-17-14-18-29-57/h13-54H,1-12H3. The molecule has 2 aliphatic heterocycles. The minimum absolute atomic E-state index is 0.00103. The summed E-state index contributed by atoms with van der Waals surface area (Å²) in [4.78, 5) is 2.71. The molecular formula is C88H78BN3. The van der Waals surface area contributed by atoms with Crippen LogP contribution in [0.3, 0.4) is 0 Å². The van der Waals surface area contributed by atoms with Gasteiger partial charge in [0.05, 0.1) is 22.2 Å². The maximum atomic E-state index is 2.71. The molecule has 2 aliphatic rings. The summed E-state index contributed by atoms with van der Waals surface area (Å²) < 4.78 is 5.26.